The molecule has 0 aliphatic carbocycles. The van der Waals surface area contributed by atoms with Crippen LogP contribution in [0.15, 0.2) is 101 Å². The zero-order valence-electron chi connectivity index (χ0n) is 19.7. The summed E-state index contributed by atoms with van der Waals surface area (Å²) in [4.78, 5) is 8.10. The van der Waals surface area contributed by atoms with Gasteiger partial charge < -0.3 is 10.0 Å². The van der Waals surface area contributed by atoms with Crippen LogP contribution in [0.5, 0.6) is 5.75 Å². The van der Waals surface area contributed by atoms with Gasteiger partial charge in [-0.2, -0.15) is 0 Å². The molecule has 0 atom stereocenters. The van der Waals surface area contributed by atoms with Crippen molar-refractivity contribution in [3.63, 3.8) is 0 Å². The number of phenolic OH excluding ortho intramolecular Hbond substituents is 1. The second-order valence-corrected chi connectivity index (χ2v) is 10.3. The molecule has 0 radical (unpaired) electrons. The van der Waals surface area contributed by atoms with E-state index in [-0.39, 0.29) is 10.8 Å². The Labute approximate surface area is 225 Å². The number of amidine groups is 1. The number of phenols is 1. The number of halogens is 3. The monoisotopic (exact) mass is 538 g/mol. The van der Waals surface area contributed by atoms with Gasteiger partial charge in [0.25, 0.3) is 0 Å². The summed E-state index contributed by atoms with van der Waals surface area (Å²) in [5, 5.41) is 11.5. The summed E-state index contributed by atoms with van der Waals surface area (Å²) in [7, 11) is 0. The van der Waals surface area contributed by atoms with Crippen molar-refractivity contribution in [1.29, 1.82) is 0 Å². The Morgan fingerprint density at radius 2 is 1.69 bits per heavy atom. The van der Waals surface area contributed by atoms with Crippen molar-refractivity contribution in [3.05, 3.63) is 124 Å². The van der Waals surface area contributed by atoms with Crippen molar-refractivity contribution in [3.8, 4) is 5.75 Å². The molecule has 4 rings (SSSR count). The van der Waals surface area contributed by atoms with Crippen molar-refractivity contribution in [2.24, 2.45) is 4.99 Å². The van der Waals surface area contributed by atoms with Crippen LogP contribution in [0, 0.1) is 12.7 Å². The largest absolute Gasteiger partial charge is 0.508 e. The van der Waals surface area contributed by atoms with E-state index in [9.17, 15) is 9.50 Å². The van der Waals surface area contributed by atoms with E-state index >= 15 is 0 Å². The van der Waals surface area contributed by atoms with Gasteiger partial charge in [0.15, 0.2) is 5.17 Å². The summed E-state index contributed by atoms with van der Waals surface area (Å²) in [6.45, 7) is 3.23. The van der Waals surface area contributed by atoms with E-state index in [2.05, 4.69) is 11.0 Å². The number of hydrogen-bond donors (Lipinski definition) is 1. The van der Waals surface area contributed by atoms with Crippen LogP contribution in [0.25, 0.3) is 0 Å². The lowest BCUT2D eigenvalue weighted by molar-refractivity contribution is 0.422. The third-order valence-electron chi connectivity index (χ3n) is 5.46. The van der Waals surface area contributed by atoms with Gasteiger partial charge in [-0.3, -0.25) is 0 Å². The molecular weight excluding hydrogens is 514 g/mol. The molecule has 4 aromatic rings. The van der Waals surface area contributed by atoms with Gasteiger partial charge >= 0.3 is 0 Å². The smallest absolute Gasteiger partial charge is 0.169 e. The Hall–Kier alpha value is -2.99. The number of aryl methyl sites for hydroxylation is 1. The predicted octanol–water partition coefficient (Wildman–Crippen LogP) is 8.67. The fourth-order valence-electron chi connectivity index (χ4n) is 3.64. The molecule has 0 unspecified atom stereocenters. The van der Waals surface area contributed by atoms with Crippen LogP contribution in [-0.4, -0.2) is 21.7 Å². The molecular formula is C29H25Cl2FN2OS. The fourth-order valence-corrected chi connectivity index (χ4v) is 4.98. The summed E-state index contributed by atoms with van der Waals surface area (Å²) in [6.07, 6.45) is 0.757. The molecule has 0 saturated heterocycles. The Kier molecular flexibility index (Phi) is 8.92. The number of thioether (sulfide) groups is 1. The van der Waals surface area contributed by atoms with E-state index in [0.717, 1.165) is 33.2 Å². The number of nitrogens with zero attached hydrogens (tertiary/aromatic N) is 2. The molecule has 0 bridgehead atoms. The average Bonchev–Trinajstić information content (AvgIpc) is 2.85. The molecule has 0 saturated carbocycles. The van der Waals surface area contributed by atoms with Crippen LogP contribution < -0.4 is 0 Å². The van der Waals surface area contributed by atoms with Crippen LogP contribution in [0.2, 0.25) is 10.0 Å². The number of aromatic hydroxyl groups is 1. The highest BCUT2D eigenvalue weighted by atomic mass is 35.5. The highest BCUT2D eigenvalue weighted by molar-refractivity contribution is 8.13. The van der Waals surface area contributed by atoms with E-state index in [0.29, 0.717) is 23.8 Å². The first-order chi connectivity index (χ1) is 17.4. The van der Waals surface area contributed by atoms with E-state index in [1.165, 1.54) is 23.9 Å². The van der Waals surface area contributed by atoms with Crippen LogP contribution in [0.3, 0.4) is 0 Å². The topological polar surface area (TPSA) is 35.8 Å². The molecule has 3 nitrogen and oxygen atoms in total. The third-order valence-corrected chi connectivity index (χ3v) is 7.03. The minimum absolute atomic E-state index is 0.0249. The zero-order valence-corrected chi connectivity index (χ0v) is 22.0. The van der Waals surface area contributed by atoms with Crippen LogP contribution >= 0.6 is 35.0 Å². The summed E-state index contributed by atoms with van der Waals surface area (Å²) >= 11 is 13.7. The second kappa shape index (κ2) is 12.3. The van der Waals surface area contributed by atoms with Gasteiger partial charge in [-0.25, -0.2) is 9.38 Å². The third kappa shape index (κ3) is 7.50. The standard InChI is InChI=1S/C29H25Cl2FN2OS/c1-20-4-2-7-26(16-20)36-29(33-24-12-13-28(32)27(31)18-24)34(19-22-5-3-6-25(35)17-22)15-14-21-8-10-23(30)11-9-21/h2-13,16-18,35H,14-15,19H2,1H3. The van der Waals surface area contributed by atoms with E-state index < -0.39 is 5.82 Å². The van der Waals surface area contributed by atoms with Gasteiger partial charge in [0.2, 0.25) is 0 Å². The van der Waals surface area contributed by atoms with E-state index in [4.69, 9.17) is 28.2 Å². The fraction of sp³-hybridized carbons (Fsp3) is 0.138. The average molecular weight is 540 g/mol. The predicted molar refractivity (Wildman–Crippen MR) is 149 cm³/mol. The van der Waals surface area contributed by atoms with Crippen molar-refractivity contribution in [2.75, 3.05) is 6.54 Å². The molecule has 184 valence electrons. The molecule has 0 spiro atoms. The van der Waals surface area contributed by atoms with Crippen molar-refractivity contribution in [1.82, 2.24) is 4.90 Å². The molecule has 0 fully saturated rings. The first-order valence-electron chi connectivity index (χ1n) is 11.4. The maximum Gasteiger partial charge on any atom is 0.169 e. The molecule has 0 aromatic heterocycles. The summed E-state index contributed by atoms with van der Waals surface area (Å²) < 4.78 is 13.8. The molecule has 0 aliphatic heterocycles. The van der Waals surface area contributed by atoms with Gasteiger partial charge in [-0.1, -0.05) is 76.9 Å². The lowest BCUT2D eigenvalue weighted by Gasteiger charge is -2.26. The van der Waals surface area contributed by atoms with Crippen molar-refractivity contribution in [2.45, 2.75) is 24.8 Å². The van der Waals surface area contributed by atoms with Crippen molar-refractivity contribution < 1.29 is 9.50 Å². The normalized spacial score (nSPS) is 11.5. The summed E-state index contributed by atoms with van der Waals surface area (Å²) in [5.74, 6) is -0.275. The second-order valence-electron chi connectivity index (χ2n) is 8.38. The molecule has 4 aromatic carbocycles. The van der Waals surface area contributed by atoms with Gasteiger partial charge in [-0.15, -0.1) is 0 Å². The highest BCUT2D eigenvalue weighted by Crippen LogP contribution is 2.29. The van der Waals surface area contributed by atoms with Crippen LogP contribution in [0.1, 0.15) is 16.7 Å². The minimum atomic E-state index is -0.483. The van der Waals surface area contributed by atoms with E-state index in [1.807, 2.05) is 61.5 Å². The maximum atomic E-state index is 13.8. The molecule has 7 heteroatoms. The molecule has 0 amide bonds. The van der Waals surface area contributed by atoms with Crippen molar-refractivity contribution >= 4 is 45.8 Å². The van der Waals surface area contributed by atoms with Gasteiger partial charge in [0.05, 0.1) is 10.7 Å². The molecule has 0 heterocycles. The van der Waals surface area contributed by atoms with Gasteiger partial charge in [0.1, 0.15) is 11.6 Å². The first kappa shape index (κ1) is 26.1. The molecule has 36 heavy (non-hydrogen) atoms. The number of rotatable bonds is 7. The molecule has 1 N–H and O–H groups in total. The Balaban J connectivity index is 1.72. The van der Waals surface area contributed by atoms with Gasteiger partial charge in [0, 0.05) is 23.0 Å². The lowest BCUT2D eigenvalue weighted by atomic mass is 10.1. The lowest BCUT2D eigenvalue weighted by Crippen LogP contribution is -2.30. The highest BCUT2D eigenvalue weighted by Gasteiger charge is 2.16. The Morgan fingerprint density at radius 3 is 2.42 bits per heavy atom. The summed E-state index contributed by atoms with van der Waals surface area (Å²) in [6, 6.07) is 27.7. The summed E-state index contributed by atoms with van der Waals surface area (Å²) in [5.41, 5.74) is 3.79. The van der Waals surface area contributed by atoms with Gasteiger partial charge in [-0.05, 0) is 79.1 Å². The number of benzene rings is 4. The SMILES string of the molecule is Cc1cccc(SC(=Nc2ccc(F)c(Cl)c2)N(CCc2ccc(Cl)cc2)Cc2cccc(O)c2)c1. The Bertz CT molecular complexity index is 1360. The quantitative estimate of drug-likeness (QED) is 0.145. The number of aliphatic imine (C=N–C) groups is 1. The Morgan fingerprint density at radius 1 is 0.917 bits per heavy atom. The first-order valence-corrected chi connectivity index (χ1v) is 13.0. The van der Waals surface area contributed by atoms with E-state index in [1.54, 1.807) is 18.2 Å². The number of hydrogen-bond acceptors (Lipinski definition) is 3. The van der Waals surface area contributed by atoms with Crippen LogP contribution in [-0.2, 0) is 13.0 Å². The minimum Gasteiger partial charge on any atom is -0.508 e. The maximum absolute atomic E-state index is 13.8. The molecule has 0 aliphatic rings. The van der Waals surface area contributed by atoms with Crippen LogP contribution in [0.4, 0.5) is 10.1 Å². The zero-order chi connectivity index (χ0) is 25.5.